The number of rotatable bonds is 3. The Morgan fingerprint density at radius 1 is 1.19 bits per heavy atom. The first-order chi connectivity index (χ1) is 9.53. The fourth-order valence-electron chi connectivity index (χ4n) is 1.81. The molecule has 0 saturated heterocycles. The van der Waals surface area contributed by atoms with Gasteiger partial charge >= 0.3 is 6.09 Å². The van der Waals surface area contributed by atoms with Crippen molar-refractivity contribution in [1.82, 2.24) is 4.90 Å². The molecule has 0 radical (unpaired) electrons. The van der Waals surface area contributed by atoms with Crippen LogP contribution in [0.15, 0.2) is 18.2 Å². The summed E-state index contributed by atoms with van der Waals surface area (Å²) in [4.78, 5) is 24.4. The van der Waals surface area contributed by atoms with Crippen molar-refractivity contribution in [3.8, 4) is 0 Å². The standard InChI is InChI=1S/C15H19F2NO3/c1-14(2,3)21-13(20)18(5)15(4,9-19)12-10(16)7-6-8-11(12)17/h6-9H,1-5H3. The summed E-state index contributed by atoms with van der Waals surface area (Å²) >= 11 is 0. The smallest absolute Gasteiger partial charge is 0.411 e. The summed E-state index contributed by atoms with van der Waals surface area (Å²) in [5, 5.41) is 0. The highest BCUT2D eigenvalue weighted by Gasteiger charge is 2.40. The van der Waals surface area contributed by atoms with E-state index < -0.39 is 34.4 Å². The number of carbonyl (C=O) groups excluding carboxylic acids is 2. The molecule has 1 aromatic carbocycles. The van der Waals surface area contributed by atoms with Gasteiger partial charge in [-0.3, -0.25) is 4.90 Å². The third kappa shape index (κ3) is 3.56. The number of halogens is 2. The Bertz CT molecular complexity index is 534. The minimum Gasteiger partial charge on any atom is -0.444 e. The number of amides is 1. The highest BCUT2D eigenvalue weighted by atomic mass is 19.1. The first kappa shape index (κ1) is 17.1. The number of hydrogen-bond donors (Lipinski definition) is 0. The van der Waals surface area contributed by atoms with E-state index >= 15 is 0 Å². The van der Waals surface area contributed by atoms with Gasteiger partial charge in [0, 0.05) is 7.05 Å². The third-order valence-corrected chi connectivity index (χ3v) is 3.06. The van der Waals surface area contributed by atoms with E-state index in [2.05, 4.69) is 0 Å². The van der Waals surface area contributed by atoms with E-state index in [-0.39, 0.29) is 0 Å². The van der Waals surface area contributed by atoms with Crippen molar-refractivity contribution in [3.05, 3.63) is 35.4 Å². The molecule has 0 aliphatic heterocycles. The van der Waals surface area contributed by atoms with Crippen LogP contribution in [0.5, 0.6) is 0 Å². The lowest BCUT2D eigenvalue weighted by Crippen LogP contribution is -2.49. The van der Waals surface area contributed by atoms with Crippen molar-refractivity contribution in [3.63, 3.8) is 0 Å². The van der Waals surface area contributed by atoms with Crippen LogP contribution in [-0.4, -0.2) is 29.9 Å². The molecule has 0 spiro atoms. The van der Waals surface area contributed by atoms with E-state index in [1.807, 2.05) is 0 Å². The zero-order chi connectivity index (χ0) is 16.4. The van der Waals surface area contributed by atoms with Crippen molar-refractivity contribution in [2.75, 3.05) is 7.05 Å². The van der Waals surface area contributed by atoms with Crippen LogP contribution in [0, 0.1) is 11.6 Å². The van der Waals surface area contributed by atoms with Gasteiger partial charge in [0.1, 0.15) is 29.1 Å². The van der Waals surface area contributed by atoms with E-state index in [1.54, 1.807) is 20.8 Å². The van der Waals surface area contributed by atoms with Crippen molar-refractivity contribution in [2.45, 2.75) is 38.8 Å². The van der Waals surface area contributed by atoms with E-state index in [0.717, 1.165) is 17.0 Å². The highest BCUT2D eigenvalue weighted by Crippen LogP contribution is 2.30. The van der Waals surface area contributed by atoms with Crippen LogP contribution in [0.4, 0.5) is 13.6 Å². The predicted molar refractivity (Wildman–Crippen MR) is 73.8 cm³/mol. The van der Waals surface area contributed by atoms with Gasteiger partial charge < -0.3 is 9.53 Å². The quantitative estimate of drug-likeness (QED) is 0.805. The summed E-state index contributed by atoms with van der Waals surface area (Å²) in [6, 6.07) is 3.25. The molecule has 1 rings (SSSR count). The number of benzene rings is 1. The average Bonchev–Trinajstić information content (AvgIpc) is 2.35. The molecule has 1 atom stereocenters. The number of ether oxygens (including phenoxy) is 1. The summed E-state index contributed by atoms with van der Waals surface area (Å²) in [6.45, 7) is 6.22. The average molecular weight is 299 g/mol. The van der Waals surface area contributed by atoms with Gasteiger partial charge in [0.15, 0.2) is 0 Å². The van der Waals surface area contributed by atoms with Crippen molar-refractivity contribution in [2.24, 2.45) is 0 Å². The van der Waals surface area contributed by atoms with Gasteiger partial charge in [-0.15, -0.1) is 0 Å². The molecule has 0 fully saturated rings. The summed E-state index contributed by atoms with van der Waals surface area (Å²) in [5.41, 5.74) is -3.09. The summed E-state index contributed by atoms with van der Waals surface area (Å²) in [6.07, 6.45) is -0.530. The number of hydrogen-bond acceptors (Lipinski definition) is 3. The molecular formula is C15H19F2NO3. The number of nitrogens with zero attached hydrogens (tertiary/aromatic N) is 1. The molecule has 0 bridgehead atoms. The second kappa shape index (κ2) is 5.79. The summed E-state index contributed by atoms with van der Waals surface area (Å²) < 4.78 is 33.0. The fourth-order valence-corrected chi connectivity index (χ4v) is 1.81. The van der Waals surface area contributed by atoms with Gasteiger partial charge in [-0.2, -0.15) is 0 Å². The lowest BCUT2D eigenvalue weighted by molar-refractivity contribution is -0.117. The molecular weight excluding hydrogens is 280 g/mol. The molecule has 4 nitrogen and oxygen atoms in total. The van der Waals surface area contributed by atoms with Crippen LogP contribution < -0.4 is 0 Å². The molecule has 1 aromatic rings. The molecule has 116 valence electrons. The first-order valence-electron chi connectivity index (χ1n) is 6.40. The van der Waals surface area contributed by atoms with Crippen LogP contribution in [-0.2, 0) is 15.1 Å². The van der Waals surface area contributed by atoms with Gasteiger partial charge in [0.25, 0.3) is 0 Å². The Morgan fingerprint density at radius 2 is 1.67 bits per heavy atom. The van der Waals surface area contributed by atoms with Crippen LogP contribution in [0.2, 0.25) is 0 Å². The Hall–Kier alpha value is -1.98. The minimum atomic E-state index is -1.81. The van der Waals surface area contributed by atoms with Crippen LogP contribution in [0.1, 0.15) is 33.3 Å². The van der Waals surface area contributed by atoms with E-state index in [0.29, 0.717) is 6.29 Å². The van der Waals surface area contributed by atoms with Crippen LogP contribution in [0.3, 0.4) is 0 Å². The fraction of sp³-hybridized carbons (Fsp3) is 0.467. The maximum atomic E-state index is 13.9. The maximum Gasteiger partial charge on any atom is 0.411 e. The lowest BCUT2D eigenvalue weighted by atomic mass is 9.91. The molecule has 1 unspecified atom stereocenters. The zero-order valence-electron chi connectivity index (χ0n) is 12.7. The molecule has 0 aliphatic rings. The SMILES string of the molecule is CN(C(=O)OC(C)(C)C)C(C)(C=O)c1c(F)cccc1F. The number of aldehydes is 1. The maximum absolute atomic E-state index is 13.9. The lowest BCUT2D eigenvalue weighted by Gasteiger charge is -2.35. The van der Waals surface area contributed by atoms with Crippen molar-refractivity contribution < 1.29 is 23.1 Å². The number of likely N-dealkylation sites (N-methyl/N-ethyl adjacent to an activating group) is 1. The molecule has 0 aliphatic carbocycles. The van der Waals surface area contributed by atoms with Gasteiger partial charge in [0.05, 0.1) is 5.56 Å². The van der Waals surface area contributed by atoms with Crippen LogP contribution >= 0.6 is 0 Å². The predicted octanol–water partition coefficient (Wildman–Crippen LogP) is 3.25. The van der Waals surface area contributed by atoms with Crippen LogP contribution in [0.25, 0.3) is 0 Å². The van der Waals surface area contributed by atoms with E-state index in [1.165, 1.54) is 20.0 Å². The van der Waals surface area contributed by atoms with Crippen molar-refractivity contribution >= 4 is 12.4 Å². The summed E-state index contributed by atoms with van der Waals surface area (Å²) in [7, 11) is 1.26. The second-order valence-electron chi connectivity index (χ2n) is 5.90. The Kier molecular flexibility index (Phi) is 4.71. The zero-order valence-corrected chi connectivity index (χ0v) is 12.7. The molecule has 1 amide bonds. The third-order valence-electron chi connectivity index (χ3n) is 3.06. The Labute approximate surface area is 122 Å². The molecule has 0 heterocycles. The van der Waals surface area contributed by atoms with Gasteiger partial charge in [0.2, 0.25) is 0 Å². The van der Waals surface area contributed by atoms with Gasteiger partial charge in [-0.1, -0.05) is 6.07 Å². The Balaban J connectivity index is 3.27. The van der Waals surface area contributed by atoms with Crippen molar-refractivity contribution in [1.29, 1.82) is 0 Å². The molecule has 21 heavy (non-hydrogen) atoms. The number of carbonyl (C=O) groups is 2. The minimum absolute atomic E-state index is 0.318. The molecule has 0 saturated carbocycles. The van der Waals surface area contributed by atoms with Gasteiger partial charge in [-0.25, -0.2) is 13.6 Å². The van der Waals surface area contributed by atoms with E-state index in [4.69, 9.17) is 4.74 Å². The van der Waals surface area contributed by atoms with Gasteiger partial charge in [-0.05, 0) is 39.8 Å². The highest BCUT2D eigenvalue weighted by molar-refractivity contribution is 5.78. The topological polar surface area (TPSA) is 46.6 Å². The molecule has 0 N–H and O–H groups in total. The first-order valence-corrected chi connectivity index (χ1v) is 6.40. The molecule has 6 heteroatoms. The second-order valence-corrected chi connectivity index (χ2v) is 5.90. The molecule has 0 aromatic heterocycles. The van der Waals surface area contributed by atoms with E-state index in [9.17, 15) is 18.4 Å². The largest absolute Gasteiger partial charge is 0.444 e. The summed E-state index contributed by atoms with van der Waals surface area (Å²) in [5.74, 6) is -1.81. The Morgan fingerprint density at radius 3 is 2.05 bits per heavy atom. The normalized spacial score (nSPS) is 14.2. The monoisotopic (exact) mass is 299 g/mol.